The predicted molar refractivity (Wildman–Crippen MR) is 113 cm³/mol. The second-order valence-electron chi connectivity index (χ2n) is 6.00. The van der Waals surface area contributed by atoms with E-state index >= 15 is 0 Å². The first-order valence-electron chi connectivity index (χ1n) is 8.88. The summed E-state index contributed by atoms with van der Waals surface area (Å²) in [6.45, 7) is 0.575. The first kappa shape index (κ1) is 19.5. The van der Waals surface area contributed by atoms with Crippen LogP contribution in [0.15, 0.2) is 73.1 Å². The molecule has 0 saturated carbocycles. The quantitative estimate of drug-likeness (QED) is 0.471. The highest BCUT2D eigenvalue weighted by Gasteiger charge is 2.02. The molecule has 0 saturated heterocycles. The number of hydrogen-bond donors (Lipinski definition) is 1. The molecule has 0 fully saturated rings. The molecule has 0 aliphatic heterocycles. The number of aromatic nitrogens is 2. The highest BCUT2D eigenvalue weighted by Crippen LogP contribution is 2.15. The molecular formula is C22H20N4OS. The summed E-state index contributed by atoms with van der Waals surface area (Å²) < 4.78 is 1.77. The third-order valence-electron chi connectivity index (χ3n) is 3.99. The highest BCUT2D eigenvalue weighted by molar-refractivity contribution is 7.98. The largest absolute Gasteiger partial charge is 0.352 e. The second kappa shape index (κ2) is 10.1. The van der Waals surface area contributed by atoms with E-state index in [1.165, 1.54) is 6.08 Å². The number of thioether (sulfide) groups is 1. The Balaban J connectivity index is 1.40. The lowest BCUT2D eigenvalue weighted by Crippen LogP contribution is -2.23. The van der Waals surface area contributed by atoms with E-state index in [0.717, 1.165) is 28.3 Å². The average molecular weight is 388 g/mol. The lowest BCUT2D eigenvalue weighted by Gasteiger charge is -2.04. The maximum Gasteiger partial charge on any atom is 0.244 e. The summed E-state index contributed by atoms with van der Waals surface area (Å²) in [6, 6.07) is 19.6. The molecule has 1 N–H and O–H groups in total. The molecule has 0 radical (unpaired) electrons. The van der Waals surface area contributed by atoms with Crippen LogP contribution in [-0.4, -0.2) is 28.0 Å². The number of nitrogens with one attached hydrogen (secondary N) is 1. The number of amides is 1. The first-order valence-corrected chi connectivity index (χ1v) is 10.0. The van der Waals surface area contributed by atoms with E-state index < -0.39 is 0 Å². The van der Waals surface area contributed by atoms with Crippen molar-refractivity contribution in [3.63, 3.8) is 0 Å². The van der Waals surface area contributed by atoms with Crippen molar-refractivity contribution in [1.29, 1.82) is 5.26 Å². The van der Waals surface area contributed by atoms with Gasteiger partial charge in [-0.1, -0.05) is 36.4 Å². The van der Waals surface area contributed by atoms with E-state index in [1.807, 2.05) is 60.8 Å². The zero-order valence-corrected chi connectivity index (χ0v) is 16.1. The topological polar surface area (TPSA) is 70.7 Å². The van der Waals surface area contributed by atoms with Crippen molar-refractivity contribution in [3.8, 4) is 11.8 Å². The van der Waals surface area contributed by atoms with Gasteiger partial charge in [0, 0.05) is 35.9 Å². The molecule has 28 heavy (non-hydrogen) atoms. The van der Waals surface area contributed by atoms with E-state index in [-0.39, 0.29) is 5.91 Å². The molecule has 0 aliphatic rings. The minimum Gasteiger partial charge on any atom is -0.352 e. The normalized spacial score (nSPS) is 10.7. The summed E-state index contributed by atoms with van der Waals surface area (Å²) in [5.41, 5.74) is 3.57. The van der Waals surface area contributed by atoms with E-state index in [2.05, 4.69) is 16.5 Å². The summed E-state index contributed by atoms with van der Waals surface area (Å²) in [6.07, 6.45) is 6.86. The molecule has 0 aliphatic carbocycles. The molecule has 6 heteroatoms. The van der Waals surface area contributed by atoms with Gasteiger partial charge >= 0.3 is 0 Å². The van der Waals surface area contributed by atoms with Crippen LogP contribution in [0.5, 0.6) is 0 Å². The highest BCUT2D eigenvalue weighted by atomic mass is 32.2. The fraction of sp³-hybridized carbons (Fsp3) is 0.136. The standard InChI is InChI=1S/C22H20N4OS/c23-14-19-6-4-5-7-20(19)17-28-13-12-24-22(27)11-10-18-15-25-26(16-18)21-8-2-1-3-9-21/h1-11,15-16H,12-13,17H2,(H,24,27)/b11-10+. The van der Waals surface area contributed by atoms with Crippen LogP contribution in [0, 0.1) is 11.3 Å². The maximum absolute atomic E-state index is 11.9. The van der Waals surface area contributed by atoms with Gasteiger partial charge in [-0.2, -0.15) is 22.1 Å². The number of carbonyl (C=O) groups excluding carboxylic acids is 1. The van der Waals surface area contributed by atoms with Crippen LogP contribution in [-0.2, 0) is 10.5 Å². The molecule has 5 nitrogen and oxygen atoms in total. The summed E-state index contributed by atoms with van der Waals surface area (Å²) >= 11 is 1.69. The minimum absolute atomic E-state index is 0.134. The first-order chi connectivity index (χ1) is 13.8. The molecule has 0 atom stereocenters. The summed E-state index contributed by atoms with van der Waals surface area (Å²) in [7, 11) is 0. The number of carbonyl (C=O) groups is 1. The van der Waals surface area contributed by atoms with Crippen molar-refractivity contribution in [1.82, 2.24) is 15.1 Å². The van der Waals surface area contributed by atoms with E-state index in [4.69, 9.17) is 5.26 Å². The van der Waals surface area contributed by atoms with E-state index in [1.54, 1.807) is 28.7 Å². The van der Waals surface area contributed by atoms with Crippen molar-refractivity contribution >= 4 is 23.7 Å². The van der Waals surface area contributed by atoms with Crippen LogP contribution in [0.25, 0.3) is 11.8 Å². The third-order valence-corrected chi connectivity index (χ3v) is 5.00. The molecule has 1 heterocycles. The molecule has 1 aromatic heterocycles. The lowest BCUT2D eigenvalue weighted by molar-refractivity contribution is -0.116. The zero-order valence-electron chi connectivity index (χ0n) is 15.3. The molecule has 1 amide bonds. The molecule has 3 aromatic rings. The average Bonchev–Trinajstić information content (AvgIpc) is 3.22. The predicted octanol–water partition coefficient (Wildman–Crippen LogP) is 3.81. The molecule has 2 aromatic carbocycles. The Morgan fingerprint density at radius 2 is 1.96 bits per heavy atom. The van der Waals surface area contributed by atoms with Crippen molar-refractivity contribution in [3.05, 3.63) is 89.8 Å². The fourth-order valence-electron chi connectivity index (χ4n) is 2.56. The third kappa shape index (κ3) is 5.60. The van der Waals surface area contributed by atoms with Crippen LogP contribution >= 0.6 is 11.8 Å². The van der Waals surface area contributed by atoms with Crippen molar-refractivity contribution < 1.29 is 4.79 Å². The Labute approximate surface area is 168 Å². The minimum atomic E-state index is -0.134. The van der Waals surface area contributed by atoms with Gasteiger partial charge in [-0.25, -0.2) is 4.68 Å². The molecule has 0 bridgehead atoms. The lowest BCUT2D eigenvalue weighted by atomic mass is 10.1. The Bertz CT molecular complexity index is 989. The maximum atomic E-state index is 11.9. The van der Waals surface area contributed by atoms with Gasteiger partial charge in [-0.3, -0.25) is 4.79 Å². The number of nitrogens with zero attached hydrogens (tertiary/aromatic N) is 3. The Morgan fingerprint density at radius 1 is 1.18 bits per heavy atom. The number of benzene rings is 2. The van der Waals surface area contributed by atoms with Crippen molar-refractivity contribution in [2.24, 2.45) is 0 Å². The Kier molecular flexibility index (Phi) is 7.05. The monoisotopic (exact) mass is 388 g/mol. The zero-order chi connectivity index (χ0) is 19.6. The molecule has 3 rings (SSSR count). The van der Waals surface area contributed by atoms with Gasteiger partial charge in [0.05, 0.1) is 23.5 Å². The van der Waals surface area contributed by atoms with Crippen molar-refractivity contribution in [2.75, 3.05) is 12.3 Å². The number of rotatable bonds is 8. The van der Waals surface area contributed by atoms with Gasteiger partial charge in [0.15, 0.2) is 0 Å². The summed E-state index contributed by atoms with van der Waals surface area (Å²) in [5, 5.41) is 16.3. The van der Waals surface area contributed by atoms with Crippen LogP contribution < -0.4 is 5.32 Å². The number of nitriles is 1. The second-order valence-corrected chi connectivity index (χ2v) is 7.10. The van der Waals surface area contributed by atoms with Crippen LogP contribution in [0.3, 0.4) is 0 Å². The summed E-state index contributed by atoms with van der Waals surface area (Å²) in [5.74, 6) is 1.41. The van der Waals surface area contributed by atoms with Gasteiger partial charge < -0.3 is 5.32 Å². The number of hydrogen-bond acceptors (Lipinski definition) is 4. The molecule has 0 unspecified atom stereocenters. The summed E-state index contributed by atoms with van der Waals surface area (Å²) in [4.78, 5) is 11.9. The van der Waals surface area contributed by atoms with Crippen LogP contribution in [0.1, 0.15) is 16.7 Å². The van der Waals surface area contributed by atoms with Gasteiger partial charge in [-0.15, -0.1) is 0 Å². The molecule has 140 valence electrons. The molecular weight excluding hydrogens is 368 g/mol. The van der Waals surface area contributed by atoms with E-state index in [0.29, 0.717) is 12.1 Å². The van der Waals surface area contributed by atoms with Gasteiger partial charge in [0.1, 0.15) is 0 Å². The van der Waals surface area contributed by atoms with Crippen LogP contribution in [0.2, 0.25) is 0 Å². The van der Waals surface area contributed by atoms with Gasteiger partial charge in [0.2, 0.25) is 5.91 Å². The number of para-hydroxylation sites is 1. The SMILES string of the molecule is N#Cc1ccccc1CSCCNC(=O)/C=C/c1cnn(-c2ccccc2)c1. The van der Waals surface area contributed by atoms with E-state index in [9.17, 15) is 4.79 Å². The Morgan fingerprint density at radius 3 is 2.79 bits per heavy atom. The smallest absolute Gasteiger partial charge is 0.244 e. The van der Waals surface area contributed by atoms with Crippen molar-refractivity contribution in [2.45, 2.75) is 5.75 Å². The van der Waals surface area contributed by atoms with Gasteiger partial charge in [-0.05, 0) is 29.8 Å². The molecule has 0 spiro atoms. The van der Waals surface area contributed by atoms with Gasteiger partial charge in [0.25, 0.3) is 0 Å². The van der Waals surface area contributed by atoms with Crippen LogP contribution in [0.4, 0.5) is 0 Å². The Hall–Kier alpha value is -3.30. The fourth-order valence-corrected chi connectivity index (χ4v) is 3.42.